The van der Waals surface area contributed by atoms with E-state index in [0.29, 0.717) is 0 Å². The van der Waals surface area contributed by atoms with E-state index in [1.54, 1.807) is 31.2 Å². The zero-order chi connectivity index (χ0) is 20.0. The molecule has 0 spiro atoms. The second-order valence-corrected chi connectivity index (χ2v) is 5.97. The fourth-order valence-electron chi connectivity index (χ4n) is 2.57. The van der Waals surface area contributed by atoms with E-state index in [4.69, 9.17) is 4.74 Å². The molecule has 2 rings (SSSR count). The molecule has 0 fully saturated rings. The number of alkyl halides is 3. The van der Waals surface area contributed by atoms with Gasteiger partial charge in [0.1, 0.15) is 17.6 Å². The summed E-state index contributed by atoms with van der Waals surface area (Å²) in [6.45, 7) is 1.83. The Hall–Kier alpha value is -3.08. The average molecular weight is 377 g/mol. The van der Waals surface area contributed by atoms with Gasteiger partial charge in [-0.2, -0.15) is 18.4 Å². The minimum atomic E-state index is -4.64. The monoisotopic (exact) mass is 377 g/mol. The molecule has 27 heavy (non-hydrogen) atoms. The number of nitriles is 1. The topological polar surface area (TPSA) is 66.2 Å². The fraction of sp³-hybridized carbons (Fsp3) is 0.316. The normalized spacial score (nSPS) is 12.1. The number of methoxy groups -OCH3 is 1. The largest absolute Gasteiger partial charge is 0.469 e. The summed E-state index contributed by atoms with van der Waals surface area (Å²) in [7, 11) is 1.24. The molecule has 142 valence electrons. The fourth-order valence-corrected chi connectivity index (χ4v) is 2.57. The maximum absolute atomic E-state index is 13.1. The van der Waals surface area contributed by atoms with E-state index in [1.807, 2.05) is 12.1 Å². The Morgan fingerprint density at radius 3 is 2.48 bits per heavy atom. The predicted molar refractivity (Wildman–Crippen MR) is 92.6 cm³/mol. The number of ether oxygens (including phenoxy) is 1. The lowest BCUT2D eigenvalue weighted by Gasteiger charge is -2.27. The highest BCUT2D eigenvalue weighted by Gasteiger charge is 2.34. The number of hydrogen-bond acceptors (Lipinski definition) is 5. The molecule has 0 N–H and O–H groups in total. The van der Waals surface area contributed by atoms with E-state index in [1.165, 1.54) is 12.0 Å². The van der Waals surface area contributed by atoms with E-state index in [0.717, 1.165) is 17.7 Å². The smallest absolute Gasteiger partial charge is 0.433 e. The average Bonchev–Trinajstić information content (AvgIpc) is 2.66. The first-order valence-electron chi connectivity index (χ1n) is 8.11. The maximum Gasteiger partial charge on any atom is 0.433 e. The number of halogens is 3. The second-order valence-electron chi connectivity index (χ2n) is 5.97. The molecule has 0 bridgehead atoms. The van der Waals surface area contributed by atoms with Crippen LogP contribution in [-0.2, 0) is 22.3 Å². The van der Waals surface area contributed by atoms with Gasteiger partial charge in [0.25, 0.3) is 0 Å². The van der Waals surface area contributed by atoms with Crippen LogP contribution in [0.5, 0.6) is 0 Å². The van der Waals surface area contributed by atoms with Gasteiger partial charge in [0.05, 0.1) is 18.6 Å². The van der Waals surface area contributed by atoms with Crippen molar-refractivity contribution >= 4 is 11.8 Å². The van der Waals surface area contributed by atoms with Crippen molar-refractivity contribution in [3.63, 3.8) is 0 Å². The van der Waals surface area contributed by atoms with Crippen LogP contribution < -0.4 is 4.90 Å². The highest BCUT2D eigenvalue weighted by molar-refractivity contribution is 5.73. The molecule has 2 aromatic rings. The van der Waals surface area contributed by atoms with Crippen molar-refractivity contribution < 1.29 is 22.7 Å². The molecular weight excluding hydrogens is 359 g/mol. The van der Waals surface area contributed by atoms with E-state index >= 15 is 0 Å². The van der Waals surface area contributed by atoms with Gasteiger partial charge in [-0.15, -0.1) is 0 Å². The van der Waals surface area contributed by atoms with Crippen LogP contribution in [0.25, 0.3) is 0 Å². The van der Waals surface area contributed by atoms with Crippen molar-refractivity contribution in [1.82, 2.24) is 4.98 Å². The molecule has 0 saturated heterocycles. The molecule has 1 aromatic carbocycles. The van der Waals surface area contributed by atoms with Gasteiger partial charge in [-0.05, 0) is 17.7 Å². The number of aromatic nitrogens is 1. The summed E-state index contributed by atoms with van der Waals surface area (Å²) >= 11 is 0. The summed E-state index contributed by atoms with van der Waals surface area (Å²) in [5.41, 5.74) is -0.297. The standard InChI is InChI=1S/C19H18F3N3O2/c1-13(18(26)27-2)11-25(12-14-6-4-3-5-7-14)17-15(10-23)8-9-16(24-17)19(20,21)22/h3-9,13H,11-12H2,1-2H3/t13-/m1/s1. The Bertz CT molecular complexity index is 832. The molecule has 8 heteroatoms. The zero-order valence-corrected chi connectivity index (χ0v) is 14.8. The van der Waals surface area contributed by atoms with Gasteiger partial charge in [-0.1, -0.05) is 37.3 Å². The van der Waals surface area contributed by atoms with Crippen molar-refractivity contribution in [3.05, 3.63) is 59.3 Å². The minimum absolute atomic E-state index is 0.00371. The van der Waals surface area contributed by atoms with Crippen molar-refractivity contribution in [2.45, 2.75) is 19.6 Å². The van der Waals surface area contributed by atoms with Gasteiger partial charge in [-0.25, -0.2) is 4.98 Å². The Kier molecular flexibility index (Phi) is 6.40. The maximum atomic E-state index is 13.1. The van der Waals surface area contributed by atoms with Crippen LogP contribution in [0.2, 0.25) is 0 Å². The number of benzene rings is 1. The van der Waals surface area contributed by atoms with Gasteiger partial charge >= 0.3 is 12.1 Å². The van der Waals surface area contributed by atoms with Crippen LogP contribution in [0.4, 0.5) is 19.0 Å². The number of nitrogens with zero attached hydrogens (tertiary/aromatic N) is 3. The third kappa shape index (κ3) is 5.20. The van der Waals surface area contributed by atoms with Crippen molar-refractivity contribution in [1.29, 1.82) is 5.26 Å². The molecule has 1 atom stereocenters. The van der Waals surface area contributed by atoms with Gasteiger partial charge in [-0.3, -0.25) is 4.79 Å². The minimum Gasteiger partial charge on any atom is -0.469 e. The summed E-state index contributed by atoms with van der Waals surface area (Å²) in [6.07, 6.45) is -4.64. The van der Waals surface area contributed by atoms with E-state index in [9.17, 15) is 23.2 Å². The number of anilines is 1. The molecule has 0 aliphatic carbocycles. The van der Waals surface area contributed by atoms with Crippen molar-refractivity contribution in [3.8, 4) is 6.07 Å². The zero-order valence-electron chi connectivity index (χ0n) is 14.8. The summed E-state index contributed by atoms with van der Waals surface area (Å²) < 4.78 is 44.0. The van der Waals surface area contributed by atoms with Crippen LogP contribution in [0.15, 0.2) is 42.5 Å². The quantitative estimate of drug-likeness (QED) is 0.717. The molecule has 0 unspecified atom stereocenters. The molecule has 0 radical (unpaired) electrons. The summed E-state index contributed by atoms with van der Waals surface area (Å²) in [4.78, 5) is 17.0. The van der Waals surface area contributed by atoms with E-state index in [2.05, 4.69) is 4.98 Å². The first-order valence-corrected chi connectivity index (χ1v) is 8.11. The highest BCUT2D eigenvalue weighted by Crippen LogP contribution is 2.31. The van der Waals surface area contributed by atoms with Gasteiger partial charge in [0.2, 0.25) is 0 Å². The lowest BCUT2D eigenvalue weighted by atomic mass is 10.1. The molecule has 5 nitrogen and oxygen atoms in total. The Balaban J connectivity index is 2.48. The first kappa shape index (κ1) is 20.2. The summed E-state index contributed by atoms with van der Waals surface area (Å²) in [6, 6.07) is 12.7. The highest BCUT2D eigenvalue weighted by atomic mass is 19.4. The number of hydrogen-bond donors (Lipinski definition) is 0. The molecule has 0 saturated carbocycles. The number of pyridine rings is 1. The van der Waals surface area contributed by atoms with Crippen LogP contribution in [0.1, 0.15) is 23.7 Å². The van der Waals surface area contributed by atoms with E-state index < -0.39 is 23.8 Å². The van der Waals surface area contributed by atoms with Gasteiger partial charge < -0.3 is 9.64 Å². The summed E-state index contributed by atoms with van der Waals surface area (Å²) in [5.74, 6) is -1.24. The summed E-state index contributed by atoms with van der Waals surface area (Å²) in [5, 5.41) is 9.33. The Morgan fingerprint density at radius 2 is 1.93 bits per heavy atom. The van der Waals surface area contributed by atoms with Crippen LogP contribution in [0, 0.1) is 17.2 Å². The lowest BCUT2D eigenvalue weighted by molar-refractivity contribution is -0.144. The number of rotatable bonds is 6. The molecule has 0 aliphatic rings. The SMILES string of the molecule is COC(=O)[C@H](C)CN(Cc1ccccc1)c1nc(C(F)(F)F)ccc1C#N. The van der Waals surface area contributed by atoms with E-state index in [-0.39, 0.29) is 24.5 Å². The van der Waals surface area contributed by atoms with Gasteiger partial charge in [0.15, 0.2) is 0 Å². The third-order valence-electron chi connectivity index (χ3n) is 3.90. The lowest BCUT2D eigenvalue weighted by Crippen LogP contribution is -2.33. The van der Waals surface area contributed by atoms with Crippen LogP contribution >= 0.6 is 0 Å². The molecule has 1 aromatic heterocycles. The molecular formula is C19H18F3N3O2. The Morgan fingerprint density at radius 1 is 1.26 bits per heavy atom. The second kappa shape index (κ2) is 8.54. The first-order chi connectivity index (χ1) is 12.8. The van der Waals surface area contributed by atoms with Crippen LogP contribution in [0.3, 0.4) is 0 Å². The molecule has 0 amide bonds. The van der Waals surface area contributed by atoms with Crippen molar-refractivity contribution in [2.75, 3.05) is 18.6 Å². The number of esters is 1. The Labute approximate surface area is 155 Å². The third-order valence-corrected chi connectivity index (χ3v) is 3.90. The van der Waals surface area contributed by atoms with Crippen molar-refractivity contribution in [2.24, 2.45) is 5.92 Å². The molecule has 0 aliphatic heterocycles. The van der Waals surface area contributed by atoms with Crippen LogP contribution in [-0.4, -0.2) is 24.6 Å². The van der Waals surface area contributed by atoms with Gasteiger partial charge in [0, 0.05) is 13.1 Å². The molecule has 1 heterocycles. The predicted octanol–water partition coefficient (Wildman–Crippen LogP) is 3.79. The number of carbonyl (C=O) groups is 1. The number of carbonyl (C=O) groups excluding carboxylic acids is 1.